The number of hydrogen-bond donors (Lipinski definition) is 1. The molecule has 0 spiro atoms. The van der Waals surface area contributed by atoms with Gasteiger partial charge in [0.2, 0.25) is 0 Å². The molecule has 1 unspecified atom stereocenters. The van der Waals surface area contributed by atoms with E-state index in [1.54, 1.807) is 14.2 Å². The van der Waals surface area contributed by atoms with Crippen molar-refractivity contribution in [3.63, 3.8) is 0 Å². The second kappa shape index (κ2) is 7.95. The molecule has 0 aromatic heterocycles. The molecule has 0 aliphatic carbocycles. The van der Waals surface area contributed by atoms with E-state index in [0.717, 1.165) is 29.9 Å². The van der Waals surface area contributed by atoms with Crippen molar-refractivity contribution in [2.75, 3.05) is 27.4 Å². The van der Waals surface area contributed by atoms with Crippen molar-refractivity contribution in [1.82, 2.24) is 0 Å². The van der Waals surface area contributed by atoms with Gasteiger partial charge in [-0.1, -0.05) is 6.07 Å². The monoisotopic (exact) mass is 253 g/mol. The lowest BCUT2D eigenvalue weighted by molar-refractivity contribution is 0.170. The van der Waals surface area contributed by atoms with Crippen LogP contribution in [0.2, 0.25) is 0 Å². The number of benzene rings is 1. The van der Waals surface area contributed by atoms with E-state index in [1.807, 2.05) is 25.1 Å². The van der Waals surface area contributed by atoms with E-state index in [9.17, 15) is 0 Å². The van der Waals surface area contributed by atoms with Gasteiger partial charge in [-0.25, -0.2) is 0 Å². The normalized spacial score (nSPS) is 12.2. The molecule has 0 fully saturated rings. The first-order valence-electron chi connectivity index (χ1n) is 6.21. The van der Waals surface area contributed by atoms with Gasteiger partial charge in [0.15, 0.2) is 11.5 Å². The molecule has 2 N–H and O–H groups in total. The summed E-state index contributed by atoms with van der Waals surface area (Å²) in [5.41, 5.74) is 6.96. The van der Waals surface area contributed by atoms with Crippen LogP contribution in [-0.2, 0) is 11.2 Å². The number of hydrogen-bond acceptors (Lipinski definition) is 4. The van der Waals surface area contributed by atoms with E-state index >= 15 is 0 Å². The lowest BCUT2D eigenvalue weighted by Gasteiger charge is -2.13. The van der Waals surface area contributed by atoms with Gasteiger partial charge in [-0.15, -0.1) is 0 Å². The molecular weight excluding hydrogens is 230 g/mol. The maximum absolute atomic E-state index is 5.80. The Kier molecular flexibility index (Phi) is 6.54. The van der Waals surface area contributed by atoms with E-state index in [-0.39, 0.29) is 6.04 Å². The highest BCUT2D eigenvalue weighted by molar-refractivity contribution is 5.43. The van der Waals surface area contributed by atoms with Crippen LogP contribution in [0.25, 0.3) is 0 Å². The van der Waals surface area contributed by atoms with Gasteiger partial charge in [0.25, 0.3) is 0 Å². The summed E-state index contributed by atoms with van der Waals surface area (Å²) in [6.07, 6.45) is 1.69. The van der Waals surface area contributed by atoms with Crippen molar-refractivity contribution in [3.8, 4) is 11.5 Å². The minimum Gasteiger partial charge on any atom is -0.493 e. The predicted molar refractivity (Wildman–Crippen MR) is 72.3 cm³/mol. The standard InChI is InChI=1S/C14H23NO3/c1-11(15)9-12-5-6-13(17-3)14(10-12)18-8-4-7-16-2/h5-6,10-11H,4,7-9,15H2,1-3H3. The number of ether oxygens (including phenoxy) is 3. The van der Waals surface area contributed by atoms with Gasteiger partial charge in [0.05, 0.1) is 13.7 Å². The second-order valence-corrected chi connectivity index (χ2v) is 4.36. The molecule has 0 aliphatic rings. The summed E-state index contributed by atoms with van der Waals surface area (Å²) in [7, 11) is 3.33. The molecule has 0 bridgehead atoms. The zero-order chi connectivity index (χ0) is 13.4. The molecule has 0 aliphatic heterocycles. The Hall–Kier alpha value is -1.26. The Labute approximate surface area is 109 Å². The minimum atomic E-state index is 0.139. The first-order chi connectivity index (χ1) is 8.67. The van der Waals surface area contributed by atoms with E-state index in [0.29, 0.717) is 13.2 Å². The Morgan fingerprint density at radius 3 is 2.56 bits per heavy atom. The molecule has 102 valence electrons. The fourth-order valence-corrected chi connectivity index (χ4v) is 1.72. The SMILES string of the molecule is COCCCOc1cc(CC(C)N)ccc1OC. The molecule has 0 radical (unpaired) electrons. The Morgan fingerprint density at radius 2 is 1.94 bits per heavy atom. The van der Waals surface area contributed by atoms with E-state index < -0.39 is 0 Å². The smallest absolute Gasteiger partial charge is 0.161 e. The molecule has 0 saturated carbocycles. The zero-order valence-corrected chi connectivity index (χ0v) is 11.4. The summed E-state index contributed by atoms with van der Waals surface area (Å²) in [6.45, 7) is 3.30. The van der Waals surface area contributed by atoms with Crippen LogP contribution in [0.5, 0.6) is 11.5 Å². The van der Waals surface area contributed by atoms with Crippen molar-refractivity contribution in [1.29, 1.82) is 0 Å². The van der Waals surface area contributed by atoms with E-state index in [2.05, 4.69) is 0 Å². The summed E-state index contributed by atoms with van der Waals surface area (Å²) in [6, 6.07) is 6.07. The Balaban J connectivity index is 2.66. The van der Waals surface area contributed by atoms with Gasteiger partial charge in [-0.2, -0.15) is 0 Å². The van der Waals surface area contributed by atoms with Gasteiger partial charge in [-0.3, -0.25) is 0 Å². The van der Waals surface area contributed by atoms with Gasteiger partial charge in [-0.05, 0) is 31.0 Å². The molecule has 0 amide bonds. The molecule has 1 aromatic rings. The number of nitrogens with two attached hydrogens (primary N) is 1. The molecule has 1 atom stereocenters. The van der Waals surface area contributed by atoms with Crippen LogP contribution in [-0.4, -0.2) is 33.5 Å². The Bertz CT molecular complexity index is 353. The molecule has 4 heteroatoms. The van der Waals surface area contributed by atoms with E-state index in [1.165, 1.54) is 0 Å². The van der Waals surface area contributed by atoms with Crippen LogP contribution in [0, 0.1) is 0 Å². The van der Waals surface area contributed by atoms with Crippen LogP contribution in [0.1, 0.15) is 18.9 Å². The summed E-state index contributed by atoms with van der Waals surface area (Å²) < 4.78 is 16.0. The summed E-state index contributed by atoms with van der Waals surface area (Å²) >= 11 is 0. The van der Waals surface area contributed by atoms with Crippen LogP contribution in [0.3, 0.4) is 0 Å². The largest absolute Gasteiger partial charge is 0.493 e. The maximum atomic E-state index is 5.80. The highest BCUT2D eigenvalue weighted by Crippen LogP contribution is 2.28. The number of rotatable bonds is 8. The third-order valence-corrected chi connectivity index (χ3v) is 2.54. The summed E-state index contributed by atoms with van der Waals surface area (Å²) in [5.74, 6) is 1.52. The average molecular weight is 253 g/mol. The summed E-state index contributed by atoms with van der Waals surface area (Å²) in [4.78, 5) is 0. The zero-order valence-electron chi connectivity index (χ0n) is 11.4. The molecule has 1 aromatic carbocycles. The fraction of sp³-hybridized carbons (Fsp3) is 0.571. The van der Waals surface area contributed by atoms with E-state index in [4.69, 9.17) is 19.9 Å². The number of methoxy groups -OCH3 is 2. The molecule has 4 nitrogen and oxygen atoms in total. The molecule has 0 heterocycles. The molecular formula is C14H23NO3. The van der Waals surface area contributed by atoms with Crippen LogP contribution < -0.4 is 15.2 Å². The lowest BCUT2D eigenvalue weighted by Crippen LogP contribution is -2.17. The topological polar surface area (TPSA) is 53.7 Å². The summed E-state index contributed by atoms with van der Waals surface area (Å²) in [5, 5.41) is 0. The van der Waals surface area contributed by atoms with Crippen LogP contribution in [0.4, 0.5) is 0 Å². The van der Waals surface area contributed by atoms with Crippen LogP contribution in [0.15, 0.2) is 18.2 Å². The maximum Gasteiger partial charge on any atom is 0.161 e. The molecule has 18 heavy (non-hydrogen) atoms. The van der Waals surface area contributed by atoms with Crippen LogP contribution >= 0.6 is 0 Å². The third-order valence-electron chi connectivity index (χ3n) is 2.54. The second-order valence-electron chi connectivity index (χ2n) is 4.36. The van der Waals surface area contributed by atoms with Crippen molar-refractivity contribution < 1.29 is 14.2 Å². The lowest BCUT2D eigenvalue weighted by atomic mass is 10.1. The van der Waals surface area contributed by atoms with Crippen molar-refractivity contribution in [3.05, 3.63) is 23.8 Å². The first-order valence-corrected chi connectivity index (χ1v) is 6.21. The average Bonchev–Trinajstić information content (AvgIpc) is 2.34. The fourth-order valence-electron chi connectivity index (χ4n) is 1.72. The highest BCUT2D eigenvalue weighted by atomic mass is 16.5. The van der Waals surface area contributed by atoms with Crippen molar-refractivity contribution >= 4 is 0 Å². The highest BCUT2D eigenvalue weighted by Gasteiger charge is 2.07. The Morgan fingerprint density at radius 1 is 1.17 bits per heavy atom. The van der Waals surface area contributed by atoms with Crippen molar-refractivity contribution in [2.45, 2.75) is 25.8 Å². The predicted octanol–water partition coefficient (Wildman–Crippen LogP) is 2.00. The van der Waals surface area contributed by atoms with Gasteiger partial charge in [0.1, 0.15) is 0 Å². The van der Waals surface area contributed by atoms with Gasteiger partial charge in [0, 0.05) is 26.2 Å². The molecule has 0 saturated heterocycles. The molecule has 1 rings (SSSR count). The van der Waals surface area contributed by atoms with Crippen molar-refractivity contribution in [2.24, 2.45) is 5.73 Å². The quantitative estimate of drug-likeness (QED) is 0.720. The first kappa shape index (κ1) is 14.8. The third kappa shape index (κ3) is 4.94. The van der Waals surface area contributed by atoms with Gasteiger partial charge < -0.3 is 19.9 Å². The van der Waals surface area contributed by atoms with Gasteiger partial charge >= 0.3 is 0 Å². The minimum absolute atomic E-state index is 0.139.